The molecule has 2 aromatic carbocycles. The summed E-state index contributed by atoms with van der Waals surface area (Å²) in [6.07, 6.45) is 1.83. The van der Waals surface area contributed by atoms with Crippen LogP contribution in [0, 0.1) is 17.1 Å². The van der Waals surface area contributed by atoms with Gasteiger partial charge in [0, 0.05) is 17.7 Å². The number of nitrogens with zero attached hydrogens (tertiary/aromatic N) is 4. The van der Waals surface area contributed by atoms with E-state index in [1.54, 1.807) is 30.3 Å². The van der Waals surface area contributed by atoms with Crippen molar-refractivity contribution in [1.29, 1.82) is 5.26 Å². The summed E-state index contributed by atoms with van der Waals surface area (Å²) in [6, 6.07) is 15.1. The Morgan fingerprint density at radius 2 is 2.06 bits per heavy atom. The van der Waals surface area contributed by atoms with Gasteiger partial charge in [0.15, 0.2) is 11.6 Å². The van der Waals surface area contributed by atoms with Gasteiger partial charge in [-0.15, -0.1) is 0 Å². The standard InChI is InChI=1S/C23H20FN5O2/c1-2-21(30)15-4-3-5-18(10-15)27-22-16(11-25)12-26-23(28-22)29-13-20(14-29)31-19-8-6-17(24)7-9-19/h3-10,12,20H,2,13-14H2,1H3,(H,26,27,28). The molecule has 0 unspecified atom stereocenters. The fourth-order valence-electron chi connectivity index (χ4n) is 3.19. The van der Waals surface area contributed by atoms with Crippen molar-refractivity contribution in [3.8, 4) is 11.8 Å². The third-order valence-electron chi connectivity index (χ3n) is 4.91. The number of carbonyl (C=O) groups is 1. The maximum Gasteiger partial charge on any atom is 0.227 e. The molecule has 7 nitrogen and oxygen atoms in total. The zero-order valence-electron chi connectivity index (χ0n) is 16.9. The lowest BCUT2D eigenvalue weighted by Gasteiger charge is -2.39. The number of benzene rings is 2. The molecular formula is C23H20FN5O2. The fraction of sp³-hybridized carbons (Fsp3) is 0.217. The van der Waals surface area contributed by atoms with Gasteiger partial charge in [0.1, 0.15) is 29.3 Å². The van der Waals surface area contributed by atoms with Crippen LogP contribution in [0.15, 0.2) is 54.7 Å². The van der Waals surface area contributed by atoms with Gasteiger partial charge in [-0.1, -0.05) is 19.1 Å². The monoisotopic (exact) mass is 417 g/mol. The van der Waals surface area contributed by atoms with E-state index in [1.807, 2.05) is 17.9 Å². The minimum atomic E-state index is -0.307. The largest absolute Gasteiger partial charge is 0.487 e. The Bertz CT molecular complexity index is 1140. The molecule has 1 saturated heterocycles. The molecule has 2 heterocycles. The van der Waals surface area contributed by atoms with Gasteiger partial charge < -0.3 is 15.0 Å². The molecule has 156 valence electrons. The number of nitrogens with one attached hydrogen (secondary N) is 1. The number of hydrogen-bond acceptors (Lipinski definition) is 7. The van der Waals surface area contributed by atoms with Crippen molar-refractivity contribution in [3.05, 3.63) is 71.7 Å². The van der Waals surface area contributed by atoms with Gasteiger partial charge in [-0.3, -0.25) is 4.79 Å². The van der Waals surface area contributed by atoms with Crippen LogP contribution in [0.4, 0.5) is 21.8 Å². The van der Waals surface area contributed by atoms with Crippen LogP contribution in [0.25, 0.3) is 0 Å². The van der Waals surface area contributed by atoms with Gasteiger partial charge in [0.05, 0.1) is 19.3 Å². The highest BCUT2D eigenvalue weighted by molar-refractivity contribution is 5.96. The highest BCUT2D eigenvalue weighted by Gasteiger charge is 2.31. The Labute approximate surface area is 179 Å². The molecule has 31 heavy (non-hydrogen) atoms. The summed E-state index contributed by atoms with van der Waals surface area (Å²) in [6.45, 7) is 2.96. The average Bonchev–Trinajstić information content (AvgIpc) is 2.77. The third-order valence-corrected chi connectivity index (χ3v) is 4.91. The Kier molecular flexibility index (Phi) is 5.76. The lowest BCUT2D eigenvalue weighted by atomic mass is 10.1. The quantitative estimate of drug-likeness (QED) is 0.579. The summed E-state index contributed by atoms with van der Waals surface area (Å²) >= 11 is 0. The number of halogens is 1. The van der Waals surface area contributed by atoms with E-state index in [9.17, 15) is 14.4 Å². The predicted octanol–water partition coefficient (Wildman–Crippen LogP) is 4.09. The number of anilines is 3. The molecule has 8 heteroatoms. The van der Waals surface area contributed by atoms with Crippen LogP contribution in [0.5, 0.6) is 5.75 Å². The zero-order chi connectivity index (χ0) is 21.8. The zero-order valence-corrected chi connectivity index (χ0v) is 16.9. The lowest BCUT2D eigenvalue weighted by Crippen LogP contribution is -2.54. The summed E-state index contributed by atoms with van der Waals surface area (Å²) in [7, 11) is 0. The molecule has 1 fully saturated rings. The maximum absolute atomic E-state index is 13.0. The molecule has 4 rings (SSSR count). The first kappa shape index (κ1) is 20.3. The van der Waals surface area contributed by atoms with Gasteiger partial charge >= 0.3 is 0 Å². The van der Waals surface area contributed by atoms with Gasteiger partial charge in [0.25, 0.3) is 0 Å². The van der Waals surface area contributed by atoms with E-state index >= 15 is 0 Å². The summed E-state index contributed by atoms with van der Waals surface area (Å²) in [5.41, 5.74) is 1.57. The van der Waals surface area contributed by atoms with E-state index < -0.39 is 0 Å². The van der Waals surface area contributed by atoms with Crippen molar-refractivity contribution < 1.29 is 13.9 Å². The van der Waals surface area contributed by atoms with Gasteiger partial charge in [-0.2, -0.15) is 10.2 Å². The second-order valence-electron chi connectivity index (χ2n) is 7.13. The number of ketones is 1. The Morgan fingerprint density at radius 3 is 2.77 bits per heavy atom. The van der Waals surface area contributed by atoms with E-state index in [-0.39, 0.29) is 17.7 Å². The van der Waals surface area contributed by atoms with Crippen molar-refractivity contribution >= 4 is 23.2 Å². The molecule has 0 saturated carbocycles. The van der Waals surface area contributed by atoms with Gasteiger partial charge in [-0.05, 0) is 36.4 Å². The maximum atomic E-state index is 13.0. The minimum Gasteiger partial charge on any atom is -0.487 e. The summed E-state index contributed by atoms with van der Waals surface area (Å²) in [5, 5.41) is 12.5. The first-order valence-electron chi connectivity index (χ1n) is 9.90. The molecule has 1 aliphatic rings. The van der Waals surface area contributed by atoms with Gasteiger partial charge in [-0.25, -0.2) is 9.37 Å². The number of Topliss-reactive ketones (excluding diaryl/α,β-unsaturated/α-hetero) is 1. The van der Waals surface area contributed by atoms with Crippen LogP contribution in [0.2, 0.25) is 0 Å². The molecule has 0 atom stereocenters. The Morgan fingerprint density at radius 1 is 1.29 bits per heavy atom. The Balaban J connectivity index is 1.45. The number of aromatic nitrogens is 2. The molecule has 0 aliphatic carbocycles. The molecule has 1 aromatic heterocycles. The normalized spacial score (nSPS) is 13.3. The average molecular weight is 417 g/mol. The van der Waals surface area contributed by atoms with E-state index in [1.165, 1.54) is 18.3 Å². The van der Waals surface area contributed by atoms with E-state index in [0.717, 1.165) is 0 Å². The number of ether oxygens (including phenoxy) is 1. The first-order chi connectivity index (χ1) is 15.1. The predicted molar refractivity (Wildman–Crippen MR) is 114 cm³/mol. The third kappa shape index (κ3) is 4.61. The summed E-state index contributed by atoms with van der Waals surface area (Å²) in [5.74, 6) is 1.19. The molecule has 1 aliphatic heterocycles. The van der Waals surface area contributed by atoms with Crippen LogP contribution in [-0.2, 0) is 0 Å². The molecule has 1 N–H and O–H groups in total. The van der Waals surface area contributed by atoms with Gasteiger partial charge in [0.2, 0.25) is 5.95 Å². The SMILES string of the molecule is CCC(=O)c1cccc(Nc2nc(N3CC(Oc4ccc(F)cc4)C3)ncc2C#N)c1. The molecule has 0 spiro atoms. The topological polar surface area (TPSA) is 91.1 Å². The van der Waals surface area contributed by atoms with Crippen molar-refractivity contribution in [2.45, 2.75) is 19.4 Å². The van der Waals surface area contributed by atoms with Crippen LogP contribution < -0.4 is 15.0 Å². The number of carbonyl (C=O) groups excluding carboxylic acids is 1. The first-order valence-corrected chi connectivity index (χ1v) is 9.90. The molecule has 0 bridgehead atoms. The van der Waals surface area contributed by atoms with Crippen molar-refractivity contribution in [2.75, 3.05) is 23.3 Å². The van der Waals surface area contributed by atoms with Crippen LogP contribution in [0.3, 0.4) is 0 Å². The molecular weight excluding hydrogens is 397 g/mol. The molecule has 0 amide bonds. The van der Waals surface area contributed by atoms with E-state index in [0.29, 0.717) is 53.8 Å². The molecule has 0 radical (unpaired) electrons. The van der Waals surface area contributed by atoms with Crippen molar-refractivity contribution in [3.63, 3.8) is 0 Å². The summed E-state index contributed by atoms with van der Waals surface area (Å²) in [4.78, 5) is 22.7. The smallest absolute Gasteiger partial charge is 0.227 e. The lowest BCUT2D eigenvalue weighted by molar-refractivity contribution is 0.0988. The second-order valence-corrected chi connectivity index (χ2v) is 7.13. The number of hydrogen-bond donors (Lipinski definition) is 1. The highest BCUT2D eigenvalue weighted by atomic mass is 19.1. The van der Waals surface area contributed by atoms with Crippen molar-refractivity contribution in [2.24, 2.45) is 0 Å². The van der Waals surface area contributed by atoms with Crippen LogP contribution >= 0.6 is 0 Å². The summed E-state index contributed by atoms with van der Waals surface area (Å²) < 4.78 is 18.8. The van der Waals surface area contributed by atoms with E-state index in [4.69, 9.17) is 4.74 Å². The van der Waals surface area contributed by atoms with E-state index in [2.05, 4.69) is 21.4 Å². The highest BCUT2D eigenvalue weighted by Crippen LogP contribution is 2.25. The van der Waals surface area contributed by atoms with Crippen LogP contribution in [0.1, 0.15) is 29.3 Å². The van der Waals surface area contributed by atoms with Crippen molar-refractivity contribution in [1.82, 2.24) is 9.97 Å². The molecule has 3 aromatic rings. The number of nitriles is 1. The second kappa shape index (κ2) is 8.79. The number of rotatable bonds is 7. The Hall–Kier alpha value is -3.99. The van der Waals surface area contributed by atoms with Crippen LogP contribution in [-0.4, -0.2) is 34.9 Å². The fourth-order valence-corrected chi connectivity index (χ4v) is 3.19. The minimum absolute atomic E-state index is 0.0420.